The molecule has 0 rings (SSSR count). The van der Waals surface area contributed by atoms with Gasteiger partial charge in [0, 0.05) is 19.6 Å². The average Bonchev–Trinajstić information content (AvgIpc) is 2.24. The molecule has 0 spiro atoms. The van der Waals surface area contributed by atoms with Crippen LogP contribution in [-0.4, -0.2) is 19.5 Å². The third-order valence-electron chi connectivity index (χ3n) is 2.17. The summed E-state index contributed by atoms with van der Waals surface area (Å²) in [6.45, 7) is 7.65. The molecule has 0 radical (unpaired) electrons. The normalized spacial score (nSPS) is 11.7. The molecule has 0 aliphatic heterocycles. The Kier molecular flexibility index (Phi) is 11.5. The zero-order valence-corrected chi connectivity index (χ0v) is 10.5. The minimum Gasteiger partial charge on any atom is -0.353 e. The lowest BCUT2D eigenvalue weighted by molar-refractivity contribution is -0.133. The van der Waals surface area contributed by atoms with E-state index in [9.17, 15) is 0 Å². The number of hydrogen-bond acceptors (Lipinski definition) is 2. The Bertz CT molecular complexity index is 137. The van der Waals surface area contributed by atoms with Crippen LogP contribution in [0.2, 0.25) is 0 Å². The molecule has 0 saturated carbocycles. The van der Waals surface area contributed by atoms with Gasteiger partial charge in [0.2, 0.25) is 0 Å². The molecule has 0 N–H and O–H groups in total. The van der Waals surface area contributed by atoms with Crippen LogP contribution >= 0.6 is 0 Å². The fourth-order valence-corrected chi connectivity index (χ4v) is 1.39. The zero-order valence-electron chi connectivity index (χ0n) is 10.5. The van der Waals surface area contributed by atoms with Gasteiger partial charge in [0.25, 0.3) is 0 Å². The van der Waals surface area contributed by atoms with E-state index in [4.69, 9.17) is 9.47 Å². The molecular formula is C13H26O2. The van der Waals surface area contributed by atoms with Gasteiger partial charge in [0.15, 0.2) is 6.29 Å². The van der Waals surface area contributed by atoms with Crippen molar-refractivity contribution >= 4 is 0 Å². The third kappa shape index (κ3) is 9.95. The van der Waals surface area contributed by atoms with Crippen LogP contribution in [0.5, 0.6) is 0 Å². The lowest BCUT2D eigenvalue weighted by Gasteiger charge is -2.14. The van der Waals surface area contributed by atoms with Crippen LogP contribution in [0.4, 0.5) is 0 Å². The fourth-order valence-electron chi connectivity index (χ4n) is 1.39. The van der Waals surface area contributed by atoms with Gasteiger partial charge in [-0.15, -0.1) is 0 Å². The van der Waals surface area contributed by atoms with E-state index in [0.29, 0.717) is 13.2 Å². The highest BCUT2D eigenvalue weighted by atomic mass is 16.7. The summed E-state index contributed by atoms with van der Waals surface area (Å²) in [4.78, 5) is 0. The fraction of sp³-hybridized carbons (Fsp3) is 0.846. The van der Waals surface area contributed by atoms with Gasteiger partial charge in [0.05, 0.1) is 0 Å². The summed E-state index contributed by atoms with van der Waals surface area (Å²) in [7, 11) is 0. The van der Waals surface area contributed by atoms with Gasteiger partial charge in [-0.2, -0.15) is 0 Å². The number of ether oxygens (including phenoxy) is 2. The van der Waals surface area contributed by atoms with Crippen LogP contribution in [0.3, 0.4) is 0 Å². The summed E-state index contributed by atoms with van der Waals surface area (Å²) in [5, 5.41) is 0. The van der Waals surface area contributed by atoms with Gasteiger partial charge in [-0.3, -0.25) is 0 Å². The van der Waals surface area contributed by atoms with Crippen LogP contribution in [0.1, 0.15) is 52.9 Å². The third-order valence-corrected chi connectivity index (χ3v) is 2.17. The Labute approximate surface area is 94.7 Å². The van der Waals surface area contributed by atoms with Gasteiger partial charge in [0.1, 0.15) is 0 Å². The minimum atomic E-state index is -0.0533. The molecule has 0 bridgehead atoms. The standard InChI is InChI=1S/C13H26O2/c1-4-7-8-9-10-11-12-13(14-5-2)15-6-3/h10-11,13H,4-9,12H2,1-3H3/b11-10-. The van der Waals surface area contributed by atoms with Gasteiger partial charge in [-0.1, -0.05) is 31.9 Å². The second kappa shape index (κ2) is 11.7. The molecule has 90 valence electrons. The highest BCUT2D eigenvalue weighted by Crippen LogP contribution is 2.04. The van der Waals surface area contributed by atoms with Crippen LogP contribution < -0.4 is 0 Å². The van der Waals surface area contributed by atoms with E-state index in [1.54, 1.807) is 0 Å². The molecule has 0 saturated heterocycles. The summed E-state index contributed by atoms with van der Waals surface area (Å²) in [6, 6.07) is 0. The predicted octanol–water partition coefficient (Wildman–Crippen LogP) is 3.91. The molecule has 0 heterocycles. The molecule has 0 fully saturated rings. The van der Waals surface area contributed by atoms with E-state index in [-0.39, 0.29) is 6.29 Å². The smallest absolute Gasteiger partial charge is 0.160 e. The van der Waals surface area contributed by atoms with Crippen LogP contribution in [0.15, 0.2) is 12.2 Å². The maximum atomic E-state index is 5.44. The average molecular weight is 214 g/mol. The SMILES string of the molecule is CCCCC/C=C\CC(OCC)OCC. The monoisotopic (exact) mass is 214 g/mol. The van der Waals surface area contributed by atoms with Crippen molar-refractivity contribution in [2.75, 3.05) is 13.2 Å². The molecule has 2 heteroatoms. The number of hydrogen-bond donors (Lipinski definition) is 0. The highest BCUT2D eigenvalue weighted by Gasteiger charge is 2.03. The molecule has 2 nitrogen and oxygen atoms in total. The molecule has 0 aromatic rings. The molecular weight excluding hydrogens is 188 g/mol. The van der Waals surface area contributed by atoms with Gasteiger partial charge >= 0.3 is 0 Å². The van der Waals surface area contributed by atoms with Gasteiger partial charge in [-0.05, 0) is 26.7 Å². The van der Waals surface area contributed by atoms with Crippen molar-refractivity contribution in [2.24, 2.45) is 0 Å². The Morgan fingerprint density at radius 2 is 1.60 bits per heavy atom. The largest absolute Gasteiger partial charge is 0.353 e. The molecule has 0 aliphatic rings. The second-order valence-electron chi connectivity index (χ2n) is 3.54. The summed E-state index contributed by atoms with van der Waals surface area (Å²) >= 11 is 0. The van der Waals surface area contributed by atoms with E-state index in [1.165, 1.54) is 25.7 Å². The summed E-state index contributed by atoms with van der Waals surface area (Å²) in [5.41, 5.74) is 0. The van der Waals surface area contributed by atoms with Crippen LogP contribution in [0, 0.1) is 0 Å². The van der Waals surface area contributed by atoms with Gasteiger partial charge in [-0.25, -0.2) is 0 Å². The Balaban J connectivity index is 3.49. The summed E-state index contributed by atoms with van der Waals surface area (Å²) in [6.07, 6.45) is 10.3. The highest BCUT2D eigenvalue weighted by molar-refractivity contribution is 4.82. The van der Waals surface area contributed by atoms with Crippen molar-refractivity contribution in [2.45, 2.75) is 59.2 Å². The van der Waals surface area contributed by atoms with Crippen molar-refractivity contribution in [3.63, 3.8) is 0 Å². The maximum Gasteiger partial charge on any atom is 0.160 e. The van der Waals surface area contributed by atoms with Crippen molar-refractivity contribution in [3.05, 3.63) is 12.2 Å². The quantitative estimate of drug-likeness (QED) is 0.312. The lowest BCUT2D eigenvalue weighted by Crippen LogP contribution is -2.16. The molecule has 0 aromatic carbocycles. The van der Waals surface area contributed by atoms with Crippen LogP contribution in [0.25, 0.3) is 0 Å². The predicted molar refractivity (Wildman–Crippen MR) is 64.9 cm³/mol. The Morgan fingerprint density at radius 1 is 0.933 bits per heavy atom. The van der Waals surface area contributed by atoms with Crippen molar-refractivity contribution in [3.8, 4) is 0 Å². The van der Waals surface area contributed by atoms with E-state index in [0.717, 1.165) is 6.42 Å². The second-order valence-corrected chi connectivity index (χ2v) is 3.54. The van der Waals surface area contributed by atoms with Crippen molar-refractivity contribution < 1.29 is 9.47 Å². The Hall–Kier alpha value is -0.340. The summed E-state index contributed by atoms with van der Waals surface area (Å²) < 4.78 is 10.9. The first-order valence-electron chi connectivity index (χ1n) is 6.23. The lowest BCUT2D eigenvalue weighted by atomic mass is 10.2. The van der Waals surface area contributed by atoms with E-state index < -0.39 is 0 Å². The van der Waals surface area contributed by atoms with E-state index in [2.05, 4.69) is 19.1 Å². The van der Waals surface area contributed by atoms with Crippen molar-refractivity contribution in [1.29, 1.82) is 0 Å². The molecule has 0 aliphatic carbocycles. The van der Waals surface area contributed by atoms with Crippen molar-refractivity contribution in [1.82, 2.24) is 0 Å². The molecule has 0 atom stereocenters. The van der Waals surface area contributed by atoms with Crippen LogP contribution in [-0.2, 0) is 9.47 Å². The zero-order chi connectivity index (χ0) is 11.4. The summed E-state index contributed by atoms with van der Waals surface area (Å²) in [5.74, 6) is 0. The number of allylic oxidation sites excluding steroid dienone is 1. The van der Waals surface area contributed by atoms with Gasteiger partial charge < -0.3 is 9.47 Å². The molecule has 0 unspecified atom stereocenters. The number of unbranched alkanes of at least 4 members (excludes halogenated alkanes) is 3. The number of rotatable bonds is 10. The molecule has 0 aromatic heterocycles. The minimum absolute atomic E-state index is 0.0533. The maximum absolute atomic E-state index is 5.44. The topological polar surface area (TPSA) is 18.5 Å². The first-order valence-corrected chi connectivity index (χ1v) is 6.23. The van der Waals surface area contributed by atoms with E-state index >= 15 is 0 Å². The van der Waals surface area contributed by atoms with E-state index in [1.807, 2.05) is 13.8 Å². The first-order chi connectivity index (χ1) is 7.35. The molecule has 0 amide bonds. The first kappa shape index (κ1) is 14.7. The molecule has 15 heavy (non-hydrogen) atoms. The Morgan fingerprint density at radius 3 is 2.13 bits per heavy atom.